The van der Waals surface area contributed by atoms with Gasteiger partial charge in [-0.3, -0.25) is 4.79 Å². The Labute approximate surface area is 103 Å². The Bertz CT molecular complexity index is 220. The van der Waals surface area contributed by atoms with Crippen LogP contribution in [0.2, 0.25) is 0 Å². The monoisotopic (exact) mass is 244 g/mol. The molecule has 1 amide bonds. The summed E-state index contributed by atoms with van der Waals surface area (Å²) in [4.78, 5) is 11.7. The zero-order chi connectivity index (χ0) is 12.5. The van der Waals surface area contributed by atoms with E-state index in [1.807, 2.05) is 6.92 Å². The van der Waals surface area contributed by atoms with Crippen molar-refractivity contribution in [3.8, 4) is 0 Å². The molecule has 0 saturated carbocycles. The van der Waals surface area contributed by atoms with E-state index in [9.17, 15) is 4.79 Å². The van der Waals surface area contributed by atoms with Gasteiger partial charge in [0.2, 0.25) is 5.91 Å². The molecule has 0 aromatic heterocycles. The molecule has 1 atom stereocenters. The van der Waals surface area contributed by atoms with Crippen molar-refractivity contribution in [2.24, 2.45) is 11.8 Å². The Morgan fingerprint density at radius 3 is 2.76 bits per heavy atom. The molecule has 1 heterocycles. The van der Waals surface area contributed by atoms with Gasteiger partial charge in [0.15, 0.2) is 0 Å². The van der Waals surface area contributed by atoms with Crippen molar-refractivity contribution in [2.75, 3.05) is 46.6 Å². The number of carbonyl (C=O) groups is 1. The summed E-state index contributed by atoms with van der Waals surface area (Å²) in [5.74, 6) is 0.784. The summed E-state index contributed by atoms with van der Waals surface area (Å²) in [7, 11) is 1.65. The Morgan fingerprint density at radius 2 is 2.18 bits per heavy atom. The fraction of sp³-hybridized carbons (Fsp3) is 0.917. The van der Waals surface area contributed by atoms with E-state index in [2.05, 4.69) is 10.6 Å². The first-order chi connectivity index (χ1) is 8.25. The maximum absolute atomic E-state index is 11.7. The van der Waals surface area contributed by atoms with Crippen molar-refractivity contribution in [3.05, 3.63) is 0 Å². The first-order valence-corrected chi connectivity index (χ1v) is 6.30. The average Bonchev–Trinajstić information content (AvgIpc) is 2.25. The highest BCUT2D eigenvalue weighted by molar-refractivity contribution is 5.78. The molecule has 0 aliphatic carbocycles. The lowest BCUT2D eigenvalue weighted by atomic mass is 9.88. The number of nitrogens with one attached hydrogen (secondary N) is 2. The molecule has 0 spiro atoms. The molecule has 100 valence electrons. The van der Waals surface area contributed by atoms with Crippen LogP contribution in [-0.4, -0.2) is 52.5 Å². The molecule has 1 aliphatic heterocycles. The van der Waals surface area contributed by atoms with Gasteiger partial charge in [-0.1, -0.05) is 6.92 Å². The van der Waals surface area contributed by atoms with E-state index in [-0.39, 0.29) is 11.8 Å². The first-order valence-electron chi connectivity index (χ1n) is 6.30. The largest absolute Gasteiger partial charge is 0.382 e. The van der Waals surface area contributed by atoms with Gasteiger partial charge in [-0.25, -0.2) is 0 Å². The molecule has 0 aromatic carbocycles. The van der Waals surface area contributed by atoms with E-state index in [0.717, 1.165) is 19.5 Å². The number of carbonyl (C=O) groups excluding carboxylic acids is 1. The normalized spacial score (nSPS) is 17.5. The van der Waals surface area contributed by atoms with E-state index in [1.54, 1.807) is 7.11 Å². The minimum absolute atomic E-state index is 0.116. The van der Waals surface area contributed by atoms with Crippen LogP contribution in [0.25, 0.3) is 0 Å². The van der Waals surface area contributed by atoms with Gasteiger partial charge in [0.1, 0.15) is 0 Å². The van der Waals surface area contributed by atoms with Crippen LogP contribution in [0.3, 0.4) is 0 Å². The van der Waals surface area contributed by atoms with Gasteiger partial charge < -0.3 is 20.1 Å². The Morgan fingerprint density at radius 1 is 1.41 bits per heavy atom. The maximum atomic E-state index is 11.7. The van der Waals surface area contributed by atoms with Crippen LogP contribution < -0.4 is 10.6 Å². The fourth-order valence-corrected chi connectivity index (χ4v) is 1.67. The molecular weight excluding hydrogens is 220 g/mol. The van der Waals surface area contributed by atoms with Gasteiger partial charge in [0, 0.05) is 26.2 Å². The summed E-state index contributed by atoms with van der Waals surface area (Å²) in [5, 5.41) is 6.13. The van der Waals surface area contributed by atoms with Crippen LogP contribution >= 0.6 is 0 Å². The molecule has 2 N–H and O–H groups in total. The van der Waals surface area contributed by atoms with Crippen LogP contribution in [0.15, 0.2) is 0 Å². The van der Waals surface area contributed by atoms with E-state index < -0.39 is 0 Å². The predicted octanol–water partition coefficient (Wildman–Crippen LogP) is 0.0112. The third-order valence-electron chi connectivity index (χ3n) is 3.13. The number of rotatable bonds is 9. The molecule has 1 rings (SSSR count). The lowest BCUT2D eigenvalue weighted by molar-refractivity contribution is -0.126. The zero-order valence-electron chi connectivity index (χ0n) is 10.8. The van der Waals surface area contributed by atoms with Crippen LogP contribution in [0.1, 0.15) is 13.3 Å². The second kappa shape index (κ2) is 8.44. The molecule has 5 nitrogen and oxygen atoms in total. The van der Waals surface area contributed by atoms with Gasteiger partial charge in [-0.05, 0) is 25.4 Å². The topological polar surface area (TPSA) is 59.6 Å². The molecular formula is C12H24N2O3. The van der Waals surface area contributed by atoms with Crippen molar-refractivity contribution in [1.82, 2.24) is 10.6 Å². The van der Waals surface area contributed by atoms with E-state index in [4.69, 9.17) is 9.47 Å². The van der Waals surface area contributed by atoms with Crippen LogP contribution in [-0.2, 0) is 14.3 Å². The van der Waals surface area contributed by atoms with Gasteiger partial charge in [-0.2, -0.15) is 0 Å². The molecule has 5 heteroatoms. The van der Waals surface area contributed by atoms with Gasteiger partial charge in [0.05, 0.1) is 13.2 Å². The summed E-state index contributed by atoms with van der Waals surface area (Å²) < 4.78 is 10.2. The van der Waals surface area contributed by atoms with Crippen molar-refractivity contribution in [1.29, 1.82) is 0 Å². The van der Waals surface area contributed by atoms with Crippen molar-refractivity contribution >= 4 is 5.91 Å². The highest BCUT2D eigenvalue weighted by Gasteiger charge is 2.28. The van der Waals surface area contributed by atoms with Crippen LogP contribution in [0.5, 0.6) is 0 Å². The SMILES string of the molecule is COCCOCCCNC(=O)C(C)C1CNC1. The lowest BCUT2D eigenvalue weighted by Crippen LogP contribution is -2.49. The summed E-state index contributed by atoms with van der Waals surface area (Å²) >= 11 is 0. The summed E-state index contributed by atoms with van der Waals surface area (Å²) in [6, 6.07) is 0. The number of ether oxygens (including phenoxy) is 2. The smallest absolute Gasteiger partial charge is 0.223 e. The third kappa shape index (κ3) is 5.48. The number of hydrogen-bond donors (Lipinski definition) is 2. The molecule has 0 radical (unpaired) electrons. The molecule has 1 fully saturated rings. The second-order valence-electron chi connectivity index (χ2n) is 4.46. The molecule has 0 aromatic rings. The Balaban J connectivity index is 1.92. The first kappa shape index (κ1) is 14.4. The standard InChI is InChI=1S/C12H24N2O3/c1-10(11-8-13-9-11)12(15)14-4-3-5-17-7-6-16-2/h10-11,13H,3-9H2,1-2H3,(H,14,15). The lowest BCUT2D eigenvalue weighted by Gasteiger charge is -2.31. The minimum atomic E-state index is 0.116. The summed E-state index contributed by atoms with van der Waals surface area (Å²) in [6.45, 7) is 6.53. The average molecular weight is 244 g/mol. The van der Waals surface area contributed by atoms with Crippen molar-refractivity contribution in [2.45, 2.75) is 13.3 Å². The van der Waals surface area contributed by atoms with E-state index >= 15 is 0 Å². The van der Waals surface area contributed by atoms with Crippen molar-refractivity contribution in [3.63, 3.8) is 0 Å². The van der Waals surface area contributed by atoms with Gasteiger partial charge in [-0.15, -0.1) is 0 Å². The highest BCUT2D eigenvalue weighted by atomic mass is 16.5. The number of amides is 1. The van der Waals surface area contributed by atoms with E-state index in [0.29, 0.717) is 32.3 Å². The zero-order valence-corrected chi connectivity index (χ0v) is 10.8. The minimum Gasteiger partial charge on any atom is -0.382 e. The molecule has 17 heavy (non-hydrogen) atoms. The highest BCUT2D eigenvalue weighted by Crippen LogP contribution is 2.15. The Kier molecular flexibility index (Phi) is 7.16. The second-order valence-corrected chi connectivity index (χ2v) is 4.46. The summed E-state index contributed by atoms with van der Waals surface area (Å²) in [6.07, 6.45) is 0.852. The quantitative estimate of drug-likeness (QED) is 0.561. The van der Waals surface area contributed by atoms with Gasteiger partial charge in [0.25, 0.3) is 0 Å². The summed E-state index contributed by atoms with van der Waals surface area (Å²) in [5.41, 5.74) is 0. The third-order valence-corrected chi connectivity index (χ3v) is 3.13. The van der Waals surface area contributed by atoms with E-state index in [1.165, 1.54) is 0 Å². The predicted molar refractivity (Wildman–Crippen MR) is 65.8 cm³/mol. The molecule has 1 unspecified atom stereocenters. The van der Waals surface area contributed by atoms with Gasteiger partial charge >= 0.3 is 0 Å². The Hall–Kier alpha value is -0.650. The van der Waals surface area contributed by atoms with Crippen molar-refractivity contribution < 1.29 is 14.3 Å². The maximum Gasteiger partial charge on any atom is 0.223 e. The number of methoxy groups -OCH3 is 1. The van der Waals surface area contributed by atoms with Crippen LogP contribution in [0.4, 0.5) is 0 Å². The fourth-order valence-electron chi connectivity index (χ4n) is 1.67. The molecule has 1 saturated heterocycles. The van der Waals surface area contributed by atoms with Crippen LogP contribution in [0, 0.1) is 11.8 Å². The molecule has 1 aliphatic rings. The number of hydrogen-bond acceptors (Lipinski definition) is 4. The molecule has 0 bridgehead atoms.